The third-order valence-electron chi connectivity index (χ3n) is 4.99. The highest BCUT2D eigenvalue weighted by molar-refractivity contribution is 5.84. The highest BCUT2D eigenvalue weighted by atomic mass is 16.5. The molecule has 5 heteroatoms. The molecule has 0 spiro atoms. The zero-order valence-corrected chi connectivity index (χ0v) is 14.2. The number of rotatable bonds is 5. The Morgan fingerprint density at radius 1 is 1.52 bits per heavy atom. The van der Waals surface area contributed by atoms with Crippen LogP contribution in [-0.4, -0.2) is 47.2 Å². The molecule has 2 aromatic heterocycles. The van der Waals surface area contributed by atoms with Crippen molar-refractivity contribution in [2.75, 3.05) is 26.8 Å². The van der Waals surface area contributed by atoms with Crippen LogP contribution in [0.5, 0.6) is 0 Å². The first-order valence-electron chi connectivity index (χ1n) is 8.36. The van der Waals surface area contributed by atoms with E-state index in [1.807, 2.05) is 17.3 Å². The van der Waals surface area contributed by atoms with Crippen molar-refractivity contribution in [2.45, 2.75) is 38.6 Å². The van der Waals surface area contributed by atoms with Gasteiger partial charge in [-0.3, -0.25) is 9.78 Å². The Morgan fingerprint density at radius 2 is 2.35 bits per heavy atom. The first-order chi connectivity index (χ1) is 11.2. The average Bonchev–Trinajstić information content (AvgIpc) is 3.19. The van der Waals surface area contributed by atoms with Gasteiger partial charge in [0.05, 0.1) is 11.6 Å². The maximum atomic E-state index is 12.0. The summed E-state index contributed by atoms with van der Waals surface area (Å²) in [5, 5.41) is 1.24. The molecule has 124 valence electrons. The van der Waals surface area contributed by atoms with Gasteiger partial charge in [-0.25, -0.2) is 0 Å². The van der Waals surface area contributed by atoms with Gasteiger partial charge < -0.3 is 14.2 Å². The summed E-state index contributed by atoms with van der Waals surface area (Å²) >= 11 is 0. The number of carbonyl (C=O) groups excluding carboxylic acids is 1. The van der Waals surface area contributed by atoms with Crippen molar-refractivity contribution in [3.05, 3.63) is 30.2 Å². The van der Waals surface area contributed by atoms with Gasteiger partial charge in [0.2, 0.25) is 5.91 Å². The quantitative estimate of drug-likeness (QED) is 0.852. The van der Waals surface area contributed by atoms with Crippen LogP contribution in [0.4, 0.5) is 0 Å². The molecular weight excluding hydrogens is 290 g/mol. The smallest absolute Gasteiger partial charge is 0.248 e. The van der Waals surface area contributed by atoms with Crippen LogP contribution in [0, 0.1) is 0 Å². The summed E-state index contributed by atoms with van der Waals surface area (Å²) in [5.41, 5.74) is 2.58. The summed E-state index contributed by atoms with van der Waals surface area (Å²) in [5.74, 6) is 0.589. The van der Waals surface area contributed by atoms with Crippen molar-refractivity contribution in [1.29, 1.82) is 0 Å². The molecule has 1 fully saturated rings. The van der Waals surface area contributed by atoms with Gasteiger partial charge in [-0.2, -0.15) is 0 Å². The predicted molar refractivity (Wildman–Crippen MR) is 90.5 cm³/mol. The second-order valence-electron chi connectivity index (χ2n) is 6.41. The molecular formula is C18H25N3O2. The Bertz CT molecular complexity index is 695. The van der Waals surface area contributed by atoms with Crippen LogP contribution in [-0.2, 0) is 9.53 Å². The Kier molecular flexibility index (Phi) is 4.66. The van der Waals surface area contributed by atoms with Crippen molar-refractivity contribution in [1.82, 2.24) is 14.5 Å². The summed E-state index contributed by atoms with van der Waals surface area (Å²) in [6.07, 6.45) is 8.19. The van der Waals surface area contributed by atoms with Crippen LogP contribution >= 0.6 is 0 Å². The number of amides is 1. The van der Waals surface area contributed by atoms with Gasteiger partial charge in [-0.15, -0.1) is 0 Å². The zero-order chi connectivity index (χ0) is 16.4. The molecule has 0 bridgehead atoms. The van der Waals surface area contributed by atoms with E-state index in [1.54, 1.807) is 7.11 Å². The van der Waals surface area contributed by atoms with Gasteiger partial charge in [-0.05, 0) is 30.4 Å². The summed E-state index contributed by atoms with van der Waals surface area (Å²) in [4.78, 5) is 18.2. The molecule has 0 radical (unpaired) electrons. The fourth-order valence-electron chi connectivity index (χ4n) is 3.45. The van der Waals surface area contributed by atoms with E-state index in [9.17, 15) is 4.79 Å². The summed E-state index contributed by atoms with van der Waals surface area (Å²) in [7, 11) is 1.57. The van der Waals surface area contributed by atoms with Gasteiger partial charge in [0.15, 0.2) is 0 Å². The summed E-state index contributed by atoms with van der Waals surface area (Å²) < 4.78 is 7.32. The van der Waals surface area contributed by atoms with Gasteiger partial charge >= 0.3 is 0 Å². The highest BCUT2D eigenvalue weighted by Gasteiger charge is 2.28. The molecule has 2 unspecified atom stereocenters. The number of hydrogen-bond acceptors (Lipinski definition) is 3. The molecule has 0 aromatic carbocycles. The van der Waals surface area contributed by atoms with Crippen molar-refractivity contribution >= 4 is 16.8 Å². The number of fused-ring (bicyclic) bond motifs is 1. The molecule has 1 amide bonds. The van der Waals surface area contributed by atoms with Crippen molar-refractivity contribution < 1.29 is 9.53 Å². The average molecular weight is 315 g/mol. The van der Waals surface area contributed by atoms with Crippen molar-refractivity contribution in [3.63, 3.8) is 0 Å². The largest absolute Gasteiger partial charge is 0.375 e. The molecule has 2 atom stereocenters. The Balaban J connectivity index is 1.90. The van der Waals surface area contributed by atoms with Crippen LogP contribution in [0.25, 0.3) is 10.9 Å². The molecule has 5 nitrogen and oxygen atoms in total. The number of pyridine rings is 1. The van der Waals surface area contributed by atoms with E-state index < -0.39 is 0 Å². The molecule has 23 heavy (non-hydrogen) atoms. The fourth-order valence-corrected chi connectivity index (χ4v) is 3.45. The van der Waals surface area contributed by atoms with Crippen LogP contribution in [0.1, 0.15) is 44.2 Å². The maximum absolute atomic E-state index is 12.0. The second-order valence-corrected chi connectivity index (χ2v) is 6.41. The van der Waals surface area contributed by atoms with Crippen LogP contribution in [0.2, 0.25) is 0 Å². The highest BCUT2D eigenvalue weighted by Crippen LogP contribution is 2.33. The molecule has 2 aromatic rings. The number of aromatic nitrogens is 2. The number of methoxy groups -OCH3 is 1. The molecule has 1 aliphatic rings. The molecule has 3 rings (SSSR count). The van der Waals surface area contributed by atoms with Gasteiger partial charge in [0.25, 0.3) is 0 Å². The first-order valence-corrected chi connectivity index (χ1v) is 8.36. The van der Waals surface area contributed by atoms with E-state index in [-0.39, 0.29) is 12.5 Å². The summed E-state index contributed by atoms with van der Waals surface area (Å²) in [6, 6.07) is 2.42. The van der Waals surface area contributed by atoms with E-state index in [2.05, 4.69) is 35.7 Å². The lowest BCUT2D eigenvalue weighted by molar-refractivity contribution is -0.134. The lowest BCUT2D eigenvalue weighted by Crippen LogP contribution is -2.31. The van der Waals surface area contributed by atoms with E-state index >= 15 is 0 Å². The standard InChI is InChI=1S/C18H25N3O2/c1-4-13(2)16-11-21(17-5-7-19-9-15(16)17)14-6-8-20(10-14)18(22)12-23-3/h5,7,9,11,13-14H,4,6,8,10,12H2,1-3H3. The van der Waals surface area contributed by atoms with Crippen molar-refractivity contribution in [2.24, 2.45) is 0 Å². The number of likely N-dealkylation sites (tertiary alicyclic amines) is 1. The number of hydrogen-bond donors (Lipinski definition) is 0. The van der Waals surface area contributed by atoms with E-state index in [1.165, 1.54) is 16.5 Å². The lowest BCUT2D eigenvalue weighted by Gasteiger charge is -2.17. The van der Waals surface area contributed by atoms with Gasteiger partial charge in [-0.1, -0.05) is 13.8 Å². The Hall–Kier alpha value is -1.88. The SMILES string of the molecule is CCC(C)c1cn(C2CCN(C(=O)COC)C2)c2ccncc12. The second kappa shape index (κ2) is 6.71. The summed E-state index contributed by atoms with van der Waals surface area (Å²) in [6.45, 7) is 6.20. The molecule has 0 aliphatic carbocycles. The minimum absolute atomic E-state index is 0.0790. The van der Waals surface area contributed by atoms with Crippen LogP contribution in [0.3, 0.4) is 0 Å². The zero-order valence-electron chi connectivity index (χ0n) is 14.2. The molecule has 3 heterocycles. The van der Waals surface area contributed by atoms with E-state index in [0.717, 1.165) is 25.9 Å². The Labute approximate surface area is 137 Å². The van der Waals surface area contributed by atoms with Crippen LogP contribution in [0.15, 0.2) is 24.7 Å². The van der Waals surface area contributed by atoms with Gasteiger partial charge in [0, 0.05) is 44.2 Å². The third kappa shape index (κ3) is 2.98. The third-order valence-corrected chi connectivity index (χ3v) is 4.99. The number of carbonyl (C=O) groups is 1. The number of nitrogens with zero attached hydrogens (tertiary/aromatic N) is 3. The van der Waals surface area contributed by atoms with E-state index in [0.29, 0.717) is 12.0 Å². The lowest BCUT2D eigenvalue weighted by atomic mass is 9.99. The monoisotopic (exact) mass is 315 g/mol. The van der Waals surface area contributed by atoms with Gasteiger partial charge in [0.1, 0.15) is 6.61 Å². The van der Waals surface area contributed by atoms with Crippen LogP contribution < -0.4 is 0 Å². The molecule has 1 aliphatic heterocycles. The molecule has 1 saturated heterocycles. The Morgan fingerprint density at radius 3 is 3.09 bits per heavy atom. The minimum Gasteiger partial charge on any atom is -0.375 e. The fraction of sp³-hybridized carbons (Fsp3) is 0.556. The number of ether oxygens (including phenoxy) is 1. The minimum atomic E-state index is 0.0790. The first kappa shape index (κ1) is 16.0. The molecule has 0 saturated carbocycles. The predicted octanol–water partition coefficient (Wildman–Crippen LogP) is 2.97. The van der Waals surface area contributed by atoms with E-state index in [4.69, 9.17) is 4.74 Å². The van der Waals surface area contributed by atoms with Crippen molar-refractivity contribution in [3.8, 4) is 0 Å². The normalized spacial score (nSPS) is 19.4. The topological polar surface area (TPSA) is 47.4 Å². The maximum Gasteiger partial charge on any atom is 0.248 e. The molecule has 0 N–H and O–H groups in total.